The molecule has 2 amide bonds. The first-order valence-corrected chi connectivity index (χ1v) is 11.6. The molecule has 31 heavy (non-hydrogen) atoms. The number of fused-ring (bicyclic) bond motifs is 3. The molecule has 2 aliphatic heterocycles. The second-order valence-electron chi connectivity index (χ2n) is 7.83. The summed E-state index contributed by atoms with van der Waals surface area (Å²) in [6.07, 6.45) is 4.16. The molecule has 2 aromatic rings. The van der Waals surface area contributed by atoms with E-state index >= 15 is 0 Å². The van der Waals surface area contributed by atoms with Crippen LogP contribution in [0.25, 0.3) is 0 Å². The molecule has 0 radical (unpaired) electrons. The maximum absolute atomic E-state index is 13.3. The van der Waals surface area contributed by atoms with Crippen LogP contribution in [-0.4, -0.2) is 62.7 Å². The summed E-state index contributed by atoms with van der Waals surface area (Å²) in [6, 6.07) is 9.59. The van der Waals surface area contributed by atoms with Gasteiger partial charge in [-0.2, -0.15) is 0 Å². The highest BCUT2D eigenvalue weighted by Crippen LogP contribution is 2.40. The van der Waals surface area contributed by atoms with E-state index in [-0.39, 0.29) is 23.4 Å². The van der Waals surface area contributed by atoms with Gasteiger partial charge in [0.15, 0.2) is 0 Å². The standard InChI is InChI=1S/C21H25N5O4S/c1-24(2)31(29,30)15-9-10-16-18(13-15)26(21(28)17-7-4-6-12-25(16)17)14-20(27)23-19-8-3-5-11-22-19/h3,5,8-11,13,17H,4,6-7,12,14H2,1-2H3,(H,22,23,27). The van der Waals surface area contributed by atoms with E-state index in [0.29, 0.717) is 17.9 Å². The molecule has 1 atom stereocenters. The van der Waals surface area contributed by atoms with Gasteiger partial charge < -0.3 is 10.2 Å². The lowest BCUT2D eigenvalue weighted by atomic mass is 9.96. The van der Waals surface area contributed by atoms with E-state index in [9.17, 15) is 18.0 Å². The molecule has 164 valence electrons. The zero-order valence-corrected chi connectivity index (χ0v) is 18.3. The van der Waals surface area contributed by atoms with Crippen molar-refractivity contribution in [3.8, 4) is 0 Å². The highest BCUT2D eigenvalue weighted by Gasteiger charge is 2.40. The third kappa shape index (κ3) is 4.00. The number of aromatic nitrogens is 1. The number of rotatable bonds is 5. The molecule has 0 spiro atoms. The van der Waals surface area contributed by atoms with Gasteiger partial charge in [0.25, 0.3) is 0 Å². The highest BCUT2D eigenvalue weighted by molar-refractivity contribution is 7.89. The van der Waals surface area contributed by atoms with E-state index in [0.717, 1.165) is 29.4 Å². The Morgan fingerprint density at radius 2 is 2.00 bits per heavy atom. The first kappa shape index (κ1) is 21.3. The summed E-state index contributed by atoms with van der Waals surface area (Å²) in [4.78, 5) is 33.6. The quantitative estimate of drug-likeness (QED) is 0.754. The number of carbonyl (C=O) groups is 2. The van der Waals surface area contributed by atoms with E-state index in [1.807, 2.05) is 4.90 Å². The number of sulfonamides is 1. The molecule has 0 saturated carbocycles. The van der Waals surface area contributed by atoms with Gasteiger partial charge >= 0.3 is 0 Å². The van der Waals surface area contributed by atoms with Gasteiger partial charge in [0.05, 0.1) is 16.3 Å². The number of pyridine rings is 1. The molecule has 1 N–H and O–H groups in total. The van der Waals surface area contributed by atoms with Crippen LogP contribution in [-0.2, 0) is 19.6 Å². The van der Waals surface area contributed by atoms with E-state index in [4.69, 9.17) is 0 Å². The lowest BCUT2D eigenvalue weighted by Crippen LogP contribution is -2.56. The fourth-order valence-electron chi connectivity index (χ4n) is 4.03. The zero-order valence-electron chi connectivity index (χ0n) is 17.5. The van der Waals surface area contributed by atoms with Crippen molar-refractivity contribution in [2.24, 2.45) is 0 Å². The van der Waals surface area contributed by atoms with Crippen molar-refractivity contribution in [3.05, 3.63) is 42.6 Å². The van der Waals surface area contributed by atoms with Gasteiger partial charge in [0, 0.05) is 26.8 Å². The summed E-state index contributed by atoms with van der Waals surface area (Å²) in [7, 11) is -0.777. The van der Waals surface area contributed by atoms with Crippen LogP contribution in [0.5, 0.6) is 0 Å². The lowest BCUT2D eigenvalue weighted by Gasteiger charge is -2.45. The third-order valence-corrected chi connectivity index (χ3v) is 7.42. The van der Waals surface area contributed by atoms with Crippen molar-refractivity contribution in [2.75, 3.05) is 42.3 Å². The summed E-state index contributed by atoms with van der Waals surface area (Å²) in [5, 5.41) is 2.69. The molecule has 0 aliphatic carbocycles. The topological polar surface area (TPSA) is 103 Å². The molecule has 1 unspecified atom stereocenters. The second kappa shape index (κ2) is 8.27. The van der Waals surface area contributed by atoms with Gasteiger partial charge in [0.2, 0.25) is 21.8 Å². The lowest BCUT2D eigenvalue weighted by molar-refractivity contribution is -0.123. The number of nitrogens with one attached hydrogen (secondary N) is 1. The van der Waals surface area contributed by atoms with Crippen molar-refractivity contribution < 1.29 is 18.0 Å². The zero-order chi connectivity index (χ0) is 22.2. The van der Waals surface area contributed by atoms with Crippen LogP contribution in [0.15, 0.2) is 47.5 Å². The van der Waals surface area contributed by atoms with Crippen molar-refractivity contribution >= 4 is 39.0 Å². The maximum Gasteiger partial charge on any atom is 0.250 e. The van der Waals surface area contributed by atoms with E-state index < -0.39 is 15.9 Å². The molecule has 1 aromatic heterocycles. The molecule has 1 saturated heterocycles. The predicted octanol–water partition coefficient (Wildman–Crippen LogP) is 1.68. The van der Waals surface area contributed by atoms with E-state index in [1.165, 1.54) is 25.1 Å². The summed E-state index contributed by atoms with van der Waals surface area (Å²) in [5.41, 5.74) is 1.20. The Kier molecular flexibility index (Phi) is 5.67. The summed E-state index contributed by atoms with van der Waals surface area (Å²) in [5.74, 6) is -0.202. The van der Waals surface area contributed by atoms with E-state index in [1.54, 1.807) is 36.5 Å². The van der Waals surface area contributed by atoms with Crippen LogP contribution in [0.4, 0.5) is 17.2 Å². The Balaban J connectivity index is 1.72. The second-order valence-corrected chi connectivity index (χ2v) is 9.98. The minimum atomic E-state index is -3.69. The Labute approximate surface area is 181 Å². The Morgan fingerprint density at radius 1 is 1.19 bits per heavy atom. The normalized spacial score (nSPS) is 18.5. The smallest absolute Gasteiger partial charge is 0.250 e. The molecule has 1 fully saturated rings. The largest absolute Gasteiger partial charge is 0.358 e. The van der Waals surface area contributed by atoms with Crippen LogP contribution < -0.4 is 15.1 Å². The average molecular weight is 444 g/mol. The minimum Gasteiger partial charge on any atom is -0.358 e. The molecule has 9 nitrogen and oxygen atoms in total. The molecule has 0 bridgehead atoms. The van der Waals surface area contributed by atoms with Gasteiger partial charge in [-0.05, 0) is 49.6 Å². The van der Waals surface area contributed by atoms with Crippen molar-refractivity contribution in [3.63, 3.8) is 0 Å². The van der Waals surface area contributed by atoms with Crippen molar-refractivity contribution in [2.45, 2.75) is 30.2 Å². The number of hydrogen-bond acceptors (Lipinski definition) is 6. The molecular formula is C21H25N5O4S. The molecule has 10 heteroatoms. The molecule has 1 aromatic carbocycles. The van der Waals surface area contributed by atoms with E-state index in [2.05, 4.69) is 10.3 Å². The molecule has 4 rings (SSSR count). The number of anilines is 3. The first-order chi connectivity index (χ1) is 14.8. The number of amides is 2. The Morgan fingerprint density at radius 3 is 2.71 bits per heavy atom. The van der Waals surface area contributed by atoms with Crippen LogP contribution in [0.2, 0.25) is 0 Å². The SMILES string of the molecule is CN(C)S(=O)(=O)c1ccc2c(c1)N(CC(=O)Nc1ccccn1)C(=O)C1CCCCN21. The fraction of sp³-hybridized carbons (Fsp3) is 0.381. The number of benzene rings is 1. The Hall–Kier alpha value is -2.98. The van der Waals surface area contributed by atoms with Gasteiger partial charge in [-0.25, -0.2) is 17.7 Å². The van der Waals surface area contributed by atoms with Gasteiger partial charge in [0.1, 0.15) is 18.4 Å². The average Bonchev–Trinajstić information content (AvgIpc) is 2.76. The summed E-state index contributed by atoms with van der Waals surface area (Å²) in [6.45, 7) is 0.495. The Bertz CT molecular complexity index is 1100. The molecular weight excluding hydrogens is 418 g/mol. The first-order valence-electron chi connectivity index (χ1n) is 10.1. The van der Waals surface area contributed by atoms with Crippen LogP contribution >= 0.6 is 0 Å². The van der Waals surface area contributed by atoms with Crippen LogP contribution in [0.1, 0.15) is 19.3 Å². The summed E-state index contributed by atoms with van der Waals surface area (Å²) < 4.78 is 26.5. The van der Waals surface area contributed by atoms with Gasteiger partial charge in [-0.15, -0.1) is 0 Å². The monoisotopic (exact) mass is 443 g/mol. The number of piperidine rings is 1. The van der Waals surface area contributed by atoms with Gasteiger partial charge in [-0.3, -0.25) is 14.5 Å². The van der Waals surface area contributed by atoms with Crippen LogP contribution in [0.3, 0.4) is 0 Å². The predicted molar refractivity (Wildman–Crippen MR) is 118 cm³/mol. The van der Waals surface area contributed by atoms with Gasteiger partial charge in [-0.1, -0.05) is 6.07 Å². The number of nitrogens with zero attached hydrogens (tertiary/aromatic N) is 4. The summed E-state index contributed by atoms with van der Waals surface area (Å²) >= 11 is 0. The minimum absolute atomic E-state index is 0.0784. The molecule has 3 heterocycles. The third-order valence-electron chi connectivity index (χ3n) is 5.61. The number of hydrogen-bond donors (Lipinski definition) is 1. The molecule has 2 aliphatic rings. The van der Waals surface area contributed by atoms with Crippen molar-refractivity contribution in [1.82, 2.24) is 9.29 Å². The highest BCUT2D eigenvalue weighted by atomic mass is 32.2. The fourth-order valence-corrected chi connectivity index (χ4v) is 4.96. The number of carbonyl (C=O) groups excluding carboxylic acids is 2. The van der Waals surface area contributed by atoms with Crippen LogP contribution in [0, 0.1) is 0 Å². The maximum atomic E-state index is 13.3. The van der Waals surface area contributed by atoms with Crippen molar-refractivity contribution in [1.29, 1.82) is 0 Å².